The third kappa shape index (κ3) is 7.31. The topological polar surface area (TPSA) is 103 Å². The third-order valence-corrected chi connectivity index (χ3v) is 5.56. The van der Waals surface area contributed by atoms with Gasteiger partial charge >= 0.3 is 0 Å². The molecular weight excluding hydrogens is 649 g/mol. The van der Waals surface area contributed by atoms with Gasteiger partial charge in [-0.05, 0) is 63.5 Å². The van der Waals surface area contributed by atoms with Crippen LogP contribution in [0.15, 0.2) is 58.6 Å². The first-order chi connectivity index (χ1) is 15.5. The van der Waals surface area contributed by atoms with Gasteiger partial charge in [-0.3, -0.25) is 5.10 Å². The zero-order chi connectivity index (χ0) is 22.5. The number of aromatic amines is 1. The summed E-state index contributed by atoms with van der Waals surface area (Å²) in [6.45, 7) is 3.58. The SMILES string of the molecule is Cc1cc(Nc2nc(Sc3ccc([NH-])cc3)nc3cc(OCCCN(C)C)ccc23)n[nH]1.[Ac]. The van der Waals surface area contributed by atoms with Crippen LogP contribution in [-0.4, -0.2) is 52.3 Å². The summed E-state index contributed by atoms with van der Waals surface area (Å²) < 4.78 is 5.94. The van der Waals surface area contributed by atoms with Crippen molar-refractivity contribution >= 4 is 40.0 Å². The van der Waals surface area contributed by atoms with E-state index in [-0.39, 0.29) is 44.1 Å². The number of rotatable bonds is 9. The van der Waals surface area contributed by atoms with Gasteiger partial charge in [0, 0.05) is 78.7 Å². The molecule has 10 heteroatoms. The molecule has 3 N–H and O–H groups in total. The predicted octanol–water partition coefficient (Wildman–Crippen LogP) is 5.57. The summed E-state index contributed by atoms with van der Waals surface area (Å²) in [5.74, 6) is 2.16. The minimum Gasteiger partial charge on any atom is -0.699 e. The normalized spacial score (nSPS) is 10.9. The zero-order valence-corrected chi connectivity index (χ0v) is 24.5. The largest absolute Gasteiger partial charge is 0.699 e. The number of hydrogen-bond donors (Lipinski definition) is 2. The van der Waals surface area contributed by atoms with Crippen LogP contribution in [0.2, 0.25) is 0 Å². The van der Waals surface area contributed by atoms with Crippen LogP contribution < -0.4 is 10.1 Å². The first kappa shape index (κ1) is 25.8. The molecule has 4 aromatic rings. The maximum Gasteiger partial charge on any atom is 0.195 e. The van der Waals surface area contributed by atoms with Crippen LogP contribution >= 0.6 is 11.8 Å². The van der Waals surface area contributed by atoms with E-state index in [1.807, 2.05) is 43.3 Å². The Morgan fingerprint density at radius 1 is 1.09 bits per heavy atom. The molecule has 0 amide bonds. The van der Waals surface area contributed by atoms with E-state index in [0.717, 1.165) is 40.2 Å². The van der Waals surface area contributed by atoms with E-state index < -0.39 is 0 Å². The van der Waals surface area contributed by atoms with E-state index in [2.05, 4.69) is 34.5 Å². The van der Waals surface area contributed by atoms with Crippen LogP contribution in [0.5, 0.6) is 5.75 Å². The molecule has 0 bridgehead atoms. The van der Waals surface area contributed by atoms with Crippen molar-refractivity contribution in [2.45, 2.75) is 23.4 Å². The number of nitrogens with zero attached hydrogens (tertiary/aromatic N) is 4. The van der Waals surface area contributed by atoms with Gasteiger partial charge in [-0.1, -0.05) is 12.1 Å². The Morgan fingerprint density at radius 2 is 1.88 bits per heavy atom. The van der Waals surface area contributed by atoms with Crippen molar-refractivity contribution in [2.75, 3.05) is 32.6 Å². The van der Waals surface area contributed by atoms with Crippen LogP contribution in [0.1, 0.15) is 12.1 Å². The second-order valence-electron chi connectivity index (χ2n) is 7.73. The Kier molecular flexibility index (Phi) is 9.38. The molecule has 2 aromatic carbocycles. The fraction of sp³-hybridized carbons (Fsp3) is 0.261. The van der Waals surface area contributed by atoms with Crippen LogP contribution in [0.25, 0.3) is 16.6 Å². The molecule has 0 saturated heterocycles. The van der Waals surface area contributed by atoms with Crippen molar-refractivity contribution in [1.29, 1.82) is 0 Å². The summed E-state index contributed by atoms with van der Waals surface area (Å²) in [7, 11) is 4.11. The average molecular weight is 676 g/mol. The number of benzene rings is 2. The predicted molar refractivity (Wildman–Crippen MR) is 129 cm³/mol. The van der Waals surface area contributed by atoms with Gasteiger partial charge < -0.3 is 20.7 Å². The molecule has 0 aliphatic heterocycles. The monoisotopic (exact) mass is 675 g/mol. The first-order valence-corrected chi connectivity index (χ1v) is 11.2. The maximum atomic E-state index is 7.68. The quantitative estimate of drug-likeness (QED) is 0.177. The van der Waals surface area contributed by atoms with Crippen molar-refractivity contribution in [3.05, 3.63) is 60.0 Å². The van der Waals surface area contributed by atoms with Gasteiger partial charge in [0.2, 0.25) is 0 Å². The zero-order valence-electron chi connectivity index (χ0n) is 18.9. The van der Waals surface area contributed by atoms with Crippen LogP contribution in [0.4, 0.5) is 17.3 Å². The fourth-order valence-corrected chi connectivity index (χ4v) is 3.89. The van der Waals surface area contributed by atoms with Crippen molar-refractivity contribution in [2.24, 2.45) is 0 Å². The van der Waals surface area contributed by atoms with E-state index >= 15 is 0 Å². The smallest absolute Gasteiger partial charge is 0.195 e. The Balaban J connectivity index is 0.00000306. The molecule has 33 heavy (non-hydrogen) atoms. The van der Waals surface area contributed by atoms with Crippen LogP contribution in [-0.2, 0) is 0 Å². The van der Waals surface area contributed by atoms with E-state index in [0.29, 0.717) is 29.1 Å². The number of hydrogen-bond acceptors (Lipinski definition) is 7. The molecule has 4 rings (SSSR count). The van der Waals surface area contributed by atoms with Crippen molar-refractivity contribution in [3.63, 3.8) is 0 Å². The third-order valence-electron chi connectivity index (χ3n) is 4.68. The summed E-state index contributed by atoms with van der Waals surface area (Å²) in [6, 6.07) is 15.1. The summed E-state index contributed by atoms with van der Waals surface area (Å²) in [6.07, 6.45) is 0.952. The molecule has 0 spiro atoms. The van der Waals surface area contributed by atoms with Gasteiger partial charge in [0.05, 0.1) is 12.1 Å². The average Bonchev–Trinajstić information content (AvgIpc) is 3.17. The number of ether oxygens (including phenoxy) is 1. The minimum atomic E-state index is 0. The number of H-pyrrole nitrogens is 1. The summed E-state index contributed by atoms with van der Waals surface area (Å²) >= 11 is 1.45. The molecule has 0 atom stereocenters. The van der Waals surface area contributed by atoms with Crippen LogP contribution in [0, 0.1) is 51.0 Å². The number of anilines is 2. The van der Waals surface area contributed by atoms with Gasteiger partial charge in [0.1, 0.15) is 11.6 Å². The molecule has 0 aliphatic carbocycles. The van der Waals surface area contributed by atoms with E-state index in [1.165, 1.54) is 11.8 Å². The van der Waals surface area contributed by atoms with Gasteiger partial charge in [-0.15, -0.1) is 5.69 Å². The van der Waals surface area contributed by atoms with Crippen molar-refractivity contribution < 1.29 is 48.8 Å². The van der Waals surface area contributed by atoms with Gasteiger partial charge in [0.15, 0.2) is 11.0 Å². The van der Waals surface area contributed by atoms with E-state index in [9.17, 15) is 0 Å². The number of nitrogens with one attached hydrogen (secondary N) is 3. The maximum absolute atomic E-state index is 7.68. The Bertz CT molecular complexity index is 1200. The molecule has 0 aliphatic rings. The molecule has 0 fully saturated rings. The van der Waals surface area contributed by atoms with E-state index in [4.69, 9.17) is 20.4 Å². The van der Waals surface area contributed by atoms with Gasteiger partial charge in [-0.25, -0.2) is 9.97 Å². The number of aromatic nitrogens is 4. The molecule has 169 valence electrons. The molecule has 1 radical (unpaired) electrons. The Morgan fingerprint density at radius 3 is 2.58 bits per heavy atom. The summed E-state index contributed by atoms with van der Waals surface area (Å²) in [4.78, 5) is 12.6. The summed E-state index contributed by atoms with van der Waals surface area (Å²) in [5, 5.41) is 12.0. The Hall–Kier alpha value is -1.86. The fourth-order valence-electron chi connectivity index (χ4n) is 3.12. The molecule has 0 unspecified atom stereocenters. The molecule has 2 heterocycles. The van der Waals surface area contributed by atoms with Crippen molar-refractivity contribution in [1.82, 2.24) is 25.1 Å². The molecular formula is C23H26AcN7OS-. The minimum absolute atomic E-state index is 0. The second kappa shape index (κ2) is 12.0. The first-order valence-electron chi connectivity index (χ1n) is 10.3. The van der Waals surface area contributed by atoms with Crippen LogP contribution in [0.3, 0.4) is 0 Å². The molecule has 0 saturated carbocycles. The van der Waals surface area contributed by atoms with Gasteiger partial charge in [0.25, 0.3) is 0 Å². The standard InChI is InChI=1S/C23H26N7OS.Ac/c1-15-13-21(29-28-15)26-22-19-10-7-17(31-12-4-11-30(2)3)14-20(19)25-23(27-22)32-18-8-5-16(24)6-9-18;/h5-10,13-14,24H,4,11-12H2,1-3H3,(H2,25,26,27,28,29);/q-1;. The second-order valence-corrected chi connectivity index (χ2v) is 8.77. The molecule has 2 aromatic heterocycles. The Labute approximate surface area is 233 Å². The number of fused-ring (bicyclic) bond motifs is 1. The number of aryl methyl sites for hydroxylation is 1. The van der Waals surface area contributed by atoms with E-state index in [1.54, 1.807) is 12.1 Å². The summed E-state index contributed by atoms with van der Waals surface area (Å²) in [5.41, 5.74) is 9.91. The molecule has 8 nitrogen and oxygen atoms in total. The van der Waals surface area contributed by atoms with Crippen molar-refractivity contribution in [3.8, 4) is 5.75 Å². The van der Waals surface area contributed by atoms with Gasteiger partial charge in [-0.2, -0.15) is 5.10 Å².